The van der Waals surface area contributed by atoms with Crippen LogP contribution in [0.25, 0.3) is 0 Å². The number of hydrogen-bond donors (Lipinski definition) is 2. The van der Waals surface area contributed by atoms with Crippen LogP contribution in [-0.2, 0) is 0 Å². The van der Waals surface area contributed by atoms with Crippen molar-refractivity contribution < 1.29 is 5.11 Å². The van der Waals surface area contributed by atoms with Crippen molar-refractivity contribution in [3.05, 3.63) is 57.6 Å². The van der Waals surface area contributed by atoms with E-state index in [0.29, 0.717) is 10.6 Å². The number of aryl methyl sites for hydroxylation is 2. The van der Waals surface area contributed by atoms with Gasteiger partial charge in [-0.1, -0.05) is 23.7 Å². The monoisotopic (exact) mass is 288 g/mol. The number of benzene rings is 2. The fraction of sp³-hybridized carbons (Fsp3) is 0.188. The van der Waals surface area contributed by atoms with Crippen molar-refractivity contribution in [1.29, 1.82) is 0 Å². The zero-order valence-corrected chi connectivity index (χ0v) is 12.5. The maximum absolute atomic E-state index is 9.98. The molecule has 2 aromatic carbocycles. The van der Waals surface area contributed by atoms with Crippen molar-refractivity contribution in [2.45, 2.75) is 20.8 Å². The SMILES string of the molecule is Cc1cc(C)c(O)c(C=NNc2cccc(Cl)c2C)c1. The Morgan fingerprint density at radius 3 is 2.70 bits per heavy atom. The number of hydrazone groups is 1. The third-order valence-corrected chi connectivity index (χ3v) is 3.54. The second-order valence-electron chi connectivity index (χ2n) is 4.80. The molecule has 2 aromatic rings. The lowest BCUT2D eigenvalue weighted by atomic mass is 10.1. The molecule has 0 amide bonds. The lowest BCUT2D eigenvalue weighted by Gasteiger charge is -2.07. The number of nitrogens with zero attached hydrogens (tertiary/aromatic N) is 1. The molecule has 0 heterocycles. The van der Waals surface area contributed by atoms with Crippen LogP contribution in [0, 0.1) is 20.8 Å². The molecule has 2 rings (SSSR count). The summed E-state index contributed by atoms with van der Waals surface area (Å²) in [4.78, 5) is 0. The predicted molar refractivity (Wildman–Crippen MR) is 85.0 cm³/mol. The van der Waals surface area contributed by atoms with Crippen molar-refractivity contribution >= 4 is 23.5 Å². The maximum Gasteiger partial charge on any atom is 0.127 e. The van der Waals surface area contributed by atoms with E-state index in [-0.39, 0.29) is 5.75 Å². The van der Waals surface area contributed by atoms with Crippen LogP contribution < -0.4 is 5.43 Å². The third kappa shape index (κ3) is 3.11. The van der Waals surface area contributed by atoms with Gasteiger partial charge in [0.25, 0.3) is 0 Å². The number of phenolic OH excluding ortho intramolecular Hbond substituents is 1. The van der Waals surface area contributed by atoms with Gasteiger partial charge in [-0.25, -0.2) is 0 Å². The summed E-state index contributed by atoms with van der Waals surface area (Å²) in [6, 6.07) is 9.42. The highest BCUT2D eigenvalue weighted by atomic mass is 35.5. The summed E-state index contributed by atoms with van der Waals surface area (Å²) in [5.74, 6) is 0.254. The molecule has 0 saturated heterocycles. The number of nitrogens with one attached hydrogen (secondary N) is 1. The van der Waals surface area contributed by atoms with Crippen LogP contribution in [0.1, 0.15) is 22.3 Å². The van der Waals surface area contributed by atoms with Crippen LogP contribution >= 0.6 is 11.6 Å². The average Bonchev–Trinajstić information content (AvgIpc) is 2.40. The molecule has 0 aromatic heterocycles. The minimum atomic E-state index is 0.254. The lowest BCUT2D eigenvalue weighted by Crippen LogP contribution is -1.95. The molecule has 0 unspecified atom stereocenters. The second-order valence-corrected chi connectivity index (χ2v) is 5.21. The number of anilines is 1. The Balaban J connectivity index is 2.21. The molecule has 0 aliphatic heterocycles. The van der Waals surface area contributed by atoms with Gasteiger partial charge in [-0.05, 0) is 55.7 Å². The average molecular weight is 289 g/mol. The first-order valence-corrected chi connectivity index (χ1v) is 6.71. The van der Waals surface area contributed by atoms with E-state index in [4.69, 9.17) is 11.6 Å². The minimum absolute atomic E-state index is 0.254. The van der Waals surface area contributed by atoms with Gasteiger partial charge in [0, 0.05) is 10.6 Å². The van der Waals surface area contributed by atoms with E-state index in [9.17, 15) is 5.11 Å². The van der Waals surface area contributed by atoms with Crippen molar-refractivity contribution in [1.82, 2.24) is 0 Å². The summed E-state index contributed by atoms with van der Waals surface area (Å²) in [5, 5.41) is 14.8. The Labute approximate surface area is 123 Å². The van der Waals surface area contributed by atoms with Crippen molar-refractivity contribution in [3.63, 3.8) is 0 Å². The molecular formula is C16H17ClN2O. The van der Waals surface area contributed by atoms with Crippen LogP contribution in [0.4, 0.5) is 5.69 Å². The molecule has 0 atom stereocenters. The second kappa shape index (κ2) is 5.97. The van der Waals surface area contributed by atoms with Gasteiger partial charge >= 0.3 is 0 Å². The molecule has 0 bridgehead atoms. The van der Waals surface area contributed by atoms with Crippen LogP contribution in [0.3, 0.4) is 0 Å². The first-order chi connectivity index (χ1) is 9.49. The summed E-state index contributed by atoms with van der Waals surface area (Å²) in [6.07, 6.45) is 1.61. The third-order valence-electron chi connectivity index (χ3n) is 3.13. The molecule has 0 aliphatic carbocycles. The zero-order chi connectivity index (χ0) is 14.7. The van der Waals surface area contributed by atoms with Gasteiger partial charge in [-0.15, -0.1) is 0 Å². The molecule has 20 heavy (non-hydrogen) atoms. The topological polar surface area (TPSA) is 44.6 Å². The number of hydrogen-bond acceptors (Lipinski definition) is 3. The highest BCUT2D eigenvalue weighted by Gasteiger charge is 2.04. The molecule has 3 nitrogen and oxygen atoms in total. The van der Waals surface area contributed by atoms with Gasteiger partial charge in [0.15, 0.2) is 0 Å². The van der Waals surface area contributed by atoms with E-state index in [2.05, 4.69) is 10.5 Å². The first-order valence-electron chi connectivity index (χ1n) is 6.33. The van der Waals surface area contributed by atoms with E-state index in [1.165, 1.54) is 0 Å². The van der Waals surface area contributed by atoms with Crippen molar-refractivity contribution in [2.24, 2.45) is 5.10 Å². The van der Waals surface area contributed by atoms with E-state index < -0.39 is 0 Å². The zero-order valence-electron chi connectivity index (χ0n) is 11.7. The quantitative estimate of drug-likeness (QED) is 0.649. The van der Waals surface area contributed by atoms with Crippen LogP contribution in [0.5, 0.6) is 5.75 Å². The highest BCUT2D eigenvalue weighted by molar-refractivity contribution is 6.31. The van der Waals surface area contributed by atoms with E-state index >= 15 is 0 Å². The Hall–Kier alpha value is -2.00. The van der Waals surface area contributed by atoms with E-state index in [0.717, 1.165) is 22.4 Å². The van der Waals surface area contributed by atoms with Gasteiger partial charge in [0.1, 0.15) is 5.75 Å². The summed E-state index contributed by atoms with van der Waals surface area (Å²) in [5.41, 5.74) is 7.34. The maximum atomic E-state index is 9.98. The van der Waals surface area contributed by atoms with Gasteiger partial charge in [0.2, 0.25) is 0 Å². The van der Waals surface area contributed by atoms with Gasteiger partial charge in [-0.2, -0.15) is 5.10 Å². The summed E-state index contributed by atoms with van der Waals surface area (Å²) < 4.78 is 0. The standard InChI is InChI=1S/C16H17ClN2O/c1-10-7-11(2)16(20)13(8-10)9-18-19-15-6-4-5-14(17)12(15)3/h4-9,19-20H,1-3H3. The molecule has 0 saturated carbocycles. The van der Waals surface area contributed by atoms with Crippen molar-refractivity contribution in [3.8, 4) is 5.75 Å². The smallest absolute Gasteiger partial charge is 0.127 e. The molecule has 104 valence electrons. The number of rotatable bonds is 3. The highest BCUT2D eigenvalue weighted by Crippen LogP contribution is 2.24. The van der Waals surface area contributed by atoms with Crippen molar-refractivity contribution in [2.75, 3.05) is 5.43 Å². The predicted octanol–water partition coefficient (Wildman–Crippen LogP) is 4.42. The lowest BCUT2D eigenvalue weighted by molar-refractivity contribution is 0.470. The molecule has 2 N–H and O–H groups in total. The van der Waals surface area contributed by atoms with E-state index in [1.54, 1.807) is 6.21 Å². The molecule has 4 heteroatoms. The van der Waals surface area contributed by atoms with Crippen LogP contribution in [0.15, 0.2) is 35.4 Å². The number of phenols is 1. The largest absolute Gasteiger partial charge is 0.507 e. The van der Waals surface area contributed by atoms with Gasteiger partial charge in [0.05, 0.1) is 11.9 Å². The van der Waals surface area contributed by atoms with Crippen LogP contribution in [-0.4, -0.2) is 11.3 Å². The summed E-state index contributed by atoms with van der Waals surface area (Å²) in [6.45, 7) is 5.78. The van der Waals surface area contributed by atoms with Crippen LogP contribution in [0.2, 0.25) is 5.02 Å². The Morgan fingerprint density at radius 1 is 1.20 bits per heavy atom. The molecule has 0 aliphatic rings. The normalized spacial score (nSPS) is 11.0. The van der Waals surface area contributed by atoms with Gasteiger partial charge < -0.3 is 5.11 Å². The number of aromatic hydroxyl groups is 1. The number of halogens is 1. The Morgan fingerprint density at radius 2 is 1.95 bits per heavy atom. The fourth-order valence-corrected chi connectivity index (χ4v) is 2.17. The first kappa shape index (κ1) is 14.4. The van der Waals surface area contributed by atoms with E-state index in [1.807, 2.05) is 51.1 Å². The fourth-order valence-electron chi connectivity index (χ4n) is 1.99. The molecule has 0 fully saturated rings. The summed E-state index contributed by atoms with van der Waals surface area (Å²) in [7, 11) is 0. The summed E-state index contributed by atoms with van der Waals surface area (Å²) >= 11 is 6.04. The molecule has 0 spiro atoms. The molecule has 0 radical (unpaired) electrons. The van der Waals surface area contributed by atoms with Gasteiger partial charge in [-0.3, -0.25) is 5.43 Å². The minimum Gasteiger partial charge on any atom is -0.507 e. The molecular weight excluding hydrogens is 272 g/mol. The Kier molecular flexibility index (Phi) is 4.30. The Bertz CT molecular complexity index is 666.